The summed E-state index contributed by atoms with van der Waals surface area (Å²) in [4.78, 5) is 2.37. The normalized spacial score (nSPS) is 27.9. The Morgan fingerprint density at radius 1 is 1.27 bits per heavy atom. The standard InChI is InChI=1S/C13H18FN/c1-10-7-8-15(2)13(9-10)11-3-5-12(14)6-4-11/h3-6,10,13H,7-9H2,1-2H3/t10-,13+/m0/s1. The van der Waals surface area contributed by atoms with Gasteiger partial charge in [0.05, 0.1) is 0 Å². The van der Waals surface area contributed by atoms with E-state index in [0.717, 1.165) is 12.5 Å². The van der Waals surface area contributed by atoms with Crippen molar-refractivity contribution in [3.8, 4) is 0 Å². The number of halogens is 1. The maximum absolute atomic E-state index is 12.8. The van der Waals surface area contributed by atoms with Crippen LogP contribution in [-0.2, 0) is 0 Å². The van der Waals surface area contributed by atoms with Crippen molar-refractivity contribution in [1.29, 1.82) is 0 Å². The highest BCUT2D eigenvalue weighted by atomic mass is 19.1. The van der Waals surface area contributed by atoms with Crippen LogP contribution < -0.4 is 0 Å². The van der Waals surface area contributed by atoms with Crippen molar-refractivity contribution >= 4 is 0 Å². The van der Waals surface area contributed by atoms with Crippen LogP contribution >= 0.6 is 0 Å². The van der Waals surface area contributed by atoms with Gasteiger partial charge in [-0.3, -0.25) is 4.90 Å². The van der Waals surface area contributed by atoms with Crippen LogP contribution in [0.3, 0.4) is 0 Å². The van der Waals surface area contributed by atoms with Gasteiger partial charge in [-0.2, -0.15) is 0 Å². The Labute approximate surface area is 90.9 Å². The highest BCUT2D eigenvalue weighted by Crippen LogP contribution is 2.32. The maximum atomic E-state index is 12.8. The first-order valence-corrected chi connectivity index (χ1v) is 5.62. The van der Waals surface area contributed by atoms with Gasteiger partial charge in [0.2, 0.25) is 0 Å². The number of hydrogen-bond acceptors (Lipinski definition) is 1. The van der Waals surface area contributed by atoms with Crippen LogP contribution in [0.25, 0.3) is 0 Å². The SMILES string of the molecule is C[C@H]1CCN(C)[C@@H](c2ccc(F)cc2)C1. The Hall–Kier alpha value is -0.890. The smallest absolute Gasteiger partial charge is 0.123 e. The molecular weight excluding hydrogens is 189 g/mol. The topological polar surface area (TPSA) is 3.24 Å². The molecular formula is C13H18FN. The van der Waals surface area contributed by atoms with Crippen LogP contribution in [0, 0.1) is 11.7 Å². The van der Waals surface area contributed by atoms with Gasteiger partial charge in [-0.25, -0.2) is 4.39 Å². The molecule has 1 aliphatic rings. The van der Waals surface area contributed by atoms with Crippen LogP contribution in [0.15, 0.2) is 24.3 Å². The molecule has 0 radical (unpaired) electrons. The van der Waals surface area contributed by atoms with Gasteiger partial charge in [-0.15, -0.1) is 0 Å². The third-order valence-corrected chi connectivity index (χ3v) is 3.39. The van der Waals surface area contributed by atoms with E-state index in [-0.39, 0.29) is 5.82 Å². The van der Waals surface area contributed by atoms with Gasteiger partial charge in [-0.1, -0.05) is 19.1 Å². The van der Waals surface area contributed by atoms with Crippen molar-refractivity contribution in [2.24, 2.45) is 5.92 Å². The minimum absolute atomic E-state index is 0.148. The fraction of sp³-hybridized carbons (Fsp3) is 0.538. The Morgan fingerprint density at radius 3 is 2.60 bits per heavy atom. The highest BCUT2D eigenvalue weighted by Gasteiger charge is 2.24. The molecule has 0 aromatic heterocycles. The molecule has 2 rings (SSSR count). The molecule has 2 atom stereocenters. The average Bonchev–Trinajstić information content (AvgIpc) is 2.23. The van der Waals surface area contributed by atoms with Gasteiger partial charge < -0.3 is 0 Å². The number of piperidine rings is 1. The van der Waals surface area contributed by atoms with E-state index in [1.807, 2.05) is 12.1 Å². The quantitative estimate of drug-likeness (QED) is 0.683. The Balaban J connectivity index is 2.17. The second kappa shape index (κ2) is 4.31. The number of rotatable bonds is 1. The summed E-state index contributed by atoms with van der Waals surface area (Å²) in [7, 11) is 2.15. The third-order valence-electron chi connectivity index (χ3n) is 3.39. The molecule has 1 nitrogen and oxygen atoms in total. The third kappa shape index (κ3) is 2.37. The lowest BCUT2D eigenvalue weighted by atomic mass is 9.89. The van der Waals surface area contributed by atoms with Crippen molar-refractivity contribution in [3.63, 3.8) is 0 Å². The Morgan fingerprint density at radius 2 is 1.93 bits per heavy atom. The van der Waals surface area contributed by atoms with Crippen molar-refractivity contribution in [3.05, 3.63) is 35.6 Å². The molecule has 1 aliphatic heterocycles. The fourth-order valence-corrected chi connectivity index (χ4v) is 2.33. The lowest BCUT2D eigenvalue weighted by molar-refractivity contribution is 0.150. The molecule has 82 valence electrons. The molecule has 1 heterocycles. The molecule has 1 aromatic rings. The van der Waals surface area contributed by atoms with Gasteiger partial charge in [0.15, 0.2) is 0 Å². The summed E-state index contributed by atoms with van der Waals surface area (Å²) < 4.78 is 12.8. The second-order valence-electron chi connectivity index (χ2n) is 4.68. The Kier molecular flexibility index (Phi) is 3.06. The van der Waals surface area contributed by atoms with Crippen molar-refractivity contribution in [1.82, 2.24) is 4.90 Å². The molecule has 1 saturated heterocycles. The molecule has 15 heavy (non-hydrogen) atoms. The first kappa shape index (κ1) is 10.6. The van der Waals surface area contributed by atoms with E-state index in [1.54, 1.807) is 12.1 Å². The summed E-state index contributed by atoms with van der Waals surface area (Å²) in [5.41, 5.74) is 1.24. The number of nitrogens with zero attached hydrogens (tertiary/aromatic N) is 1. The molecule has 0 saturated carbocycles. The van der Waals surface area contributed by atoms with E-state index in [1.165, 1.54) is 18.4 Å². The molecule has 0 N–H and O–H groups in total. The lowest BCUT2D eigenvalue weighted by Gasteiger charge is -2.36. The number of benzene rings is 1. The van der Waals surface area contributed by atoms with E-state index in [0.29, 0.717) is 6.04 Å². The number of likely N-dealkylation sites (tertiary alicyclic amines) is 1. The molecule has 0 bridgehead atoms. The summed E-state index contributed by atoms with van der Waals surface area (Å²) in [5.74, 6) is 0.626. The van der Waals surface area contributed by atoms with Gasteiger partial charge in [0.25, 0.3) is 0 Å². The minimum atomic E-state index is -0.148. The predicted molar refractivity (Wildman–Crippen MR) is 60.2 cm³/mol. The summed E-state index contributed by atoms with van der Waals surface area (Å²) in [6, 6.07) is 7.41. The molecule has 0 amide bonds. The van der Waals surface area contributed by atoms with Gasteiger partial charge in [-0.05, 0) is 50.0 Å². The van der Waals surface area contributed by atoms with Crippen LogP contribution in [0.1, 0.15) is 31.4 Å². The molecule has 0 unspecified atom stereocenters. The van der Waals surface area contributed by atoms with Crippen LogP contribution in [-0.4, -0.2) is 18.5 Å². The fourth-order valence-electron chi connectivity index (χ4n) is 2.33. The zero-order chi connectivity index (χ0) is 10.8. The molecule has 2 heteroatoms. The van der Waals surface area contributed by atoms with Crippen LogP contribution in [0.5, 0.6) is 0 Å². The summed E-state index contributed by atoms with van der Waals surface area (Å²) in [5, 5.41) is 0. The molecule has 1 aromatic carbocycles. The zero-order valence-electron chi connectivity index (χ0n) is 9.41. The lowest BCUT2D eigenvalue weighted by Crippen LogP contribution is -2.32. The predicted octanol–water partition coefficient (Wildman–Crippen LogP) is 3.23. The van der Waals surface area contributed by atoms with Crippen LogP contribution in [0.2, 0.25) is 0 Å². The van der Waals surface area contributed by atoms with Crippen molar-refractivity contribution in [2.75, 3.05) is 13.6 Å². The summed E-state index contributed by atoms with van der Waals surface area (Å²) >= 11 is 0. The van der Waals surface area contributed by atoms with E-state index in [4.69, 9.17) is 0 Å². The van der Waals surface area contributed by atoms with Gasteiger partial charge >= 0.3 is 0 Å². The van der Waals surface area contributed by atoms with E-state index < -0.39 is 0 Å². The van der Waals surface area contributed by atoms with Gasteiger partial charge in [0, 0.05) is 6.04 Å². The van der Waals surface area contributed by atoms with E-state index >= 15 is 0 Å². The average molecular weight is 207 g/mol. The van der Waals surface area contributed by atoms with Gasteiger partial charge in [0.1, 0.15) is 5.82 Å². The summed E-state index contributed by atoms with van der Waals surface area (Å²) in [6.45, 7) is 3.44. The largest absolute Gasteiger partial charge is 0.299 e. The zero-order valence-corrected chi connectivity index (χ0v) is 9.41. The molecule has 0 spiro atoms. The van der Waals surface area contributed by atoms with E-state index in [2.05, 4.69) is 18.9 Å². The molecule has 1 fully saturated rings. The Bertz CT molecular complexity index is 320. The summed E-state index contributed by atoms with van der Waals surface area (Å²) in [6.07, 6.45) is 2.45. The first-order valence-electron chi connectivity index (χ1n) is 5.62. The van der Waals surface area contributed by atoms with Crippen LogP contribution in [0.4, 0.5) is 4.39 Å². The first-order chi connectivity index (χ1) is 7.16. The maximum Gasteiger partial charge on any atom is 0.123 e. The monoisotopic (exact) mass is 207 g/mol. The van der Waals surface area contributed by atoms with E-state index in [9.17, 15) is 4.39 Å². The second-order valence-corrected chi connectivity index (χ2v) is 4.68. The minimum Gasteiger partial charge on any atom is -0.299 e. The molecule has 0 aliphatic carbocycles. The number of hydrogen-bond donors (Lipinski definition) is 0. The van der Waals surface area contributed by atoms with Crippen molar-refractivity contribution < 1.29 is 4.39 Å². The highest BCUT2D eigenvalue weighted by molar-refractivity contribution is 5.20. The van der Waals surface area contributed by atoms with Crippen molar-refractivity contribution in [2.45, 2.75) is 25.8 Å².